The Morgan fingerprint density at radius 1 is 1.33 bits per heavy atom. The molecule has 4 N–H and O–H groups in total. The van der Waals surface area contributed by atoms with Crippen LogP contribution in [-0.4, -0.2) is 34.7 Å². The van der Waals surface area contributed by atoms with Crippen LogP contribution in [0.1, 0.15) is 47.5 Å². The fourth-order valence-corrected chi connectivity index (χ4v) is 1.53. The van der Waals surface area contributed by atoms with E-state index in [1.54, 1.807) is 0 Å². The first-order chi connectivity index (χ1) is 8.20. The van der Waals surface area contributed by atoms with Crippen LogP contribution in [0.2, 0.25) is 0 Å². The summed E-state index contributed by atoms with van der Waals surface area (Å²) >= 11 is 0. The molecule has 0 saturated carbocycles. The molecule has 0 saturated heterocycles. The Kier molecular flexibility index (Phi) is 6.11. The summed E-state index contributed by atoms with van der Waals surface area (Å²) in [6.45, 7) is 9.30. The molecule has 0 rings (SSSR count). The number of carbonyl (C=O) groups is 1. The number of nitrogens with zero attached hydrogens (tertiary/aromatic N) is 1. The number of oxime groups is 1. The van der Waals surface area contributed by atoms with Gasteiger partial charge in [-0.25, -0.2) is 0 Å². The summed E-state index contributed by atoms with van der Waals surface area (Å²) in [6.07, 6.45) is 1.08. The summed E-state index contributed by atoms with van der Waals surface area (Å²) < 4.78 is 5.38. The van der Waals surface area contributed by atoms with Gasteiger partial charge in [0.1, 0.15) is 12.1 Å². The highest BCUT2D eigenvalue weighted by Gasteiger charge is 2.33. The minimum Gasteiger partial charge on any atom is -0.409 e. The number of ether oxygens (including phenoxy) is 1. The van der Waals surface area contributed by atoms with Crippen LogP contribution in [0.25, 0.3) is 0 Å². The quantitative estimate of drug-likeness (QED) is 0.289. The molecule has 6 heteroatoms. The third-order valence-corrected chi connectivity index (χ3v) is 2.82. The Labute approximate surface area is 109 Å². The Balaban J connectivity index is 4.66. The Bertz CT molecular complexity index is 304. The molecule has 0 aliphatic rings. The molecule has 0 fully saturated rings. The molecule has 18 heavy (non-hydrogen) atoms. The van der Waals surface area contributed by atoms with E-state index in [4.69, 9.17) is 15.7 Å². The molecule has 0 heterocycles. The number of nitrogens with one attached hydrogen (secondary N) is 1. The number of hydrogen-bond acceptors (Lipinski definition) is 4. The molecule has 0 aromatic rings. The summed E-state index contributed by atoms with van der Waals surface area (Å²) in [5.74, 6) is -0.267. The molecule has 0 aliphatic carbocycles. The van der Waals surface area contributed by atoms with E-state index in [-0.39, 0.29) is 24.0 Å². The van der Waals surface area contributed by atoms with Crippen molar-refractivity contribution >= 4 is 11.7 Å². The lowest BCUT2D eigenvalue weighted by atomic mass is 9.91. The summed E-state index contributed by atoms with van der Waals surface area (Å²) in [6, 6.07) is 0. The van der Waals surface area contributed by atoms with Gasteiger partial charge in [-0.1, -0.05) is 19.0 Å². The van der Waals surface area contributed by atoms with Crippen LogP contribution >= 0.6 is 0 Å². The van der Waals surface area contributed by atoms with Gasteiger partial charge in [-0.15, -0.1) is 0 Å². The molecule has 1 amide bonds. The maximum Gasteiger partial charge on any atom is 0.246 e. The van der Waals surface area contributed by atoms with Crippen LogP contribution in [0, 0.1) is 0 Å². The zero-order valence-electron chi connectivity index (χ0n) is 11.9. The Hall–Kier alpha value is -1.30. The van der Waals surface area contributed by atoms with Crippen molar-refractivity contribution in [3.63, 3.8) is 0 Å². The zero-order chi connectivity index (χ0) is 14.4. The first-order valence-corrected chi connectivity index (χ1v) is 6.13. The lowest BCUT2D eigenvalue weighted by molar-refractivity contribution is -0.131. The van der Waals surface area contributed by atoms with Crippen molar-refractivity contribution in [2.24, 2.45) is 10.9 Å². The number of nitrogens with two attached hydrogens (primary N) is 1. The number of carbonyl (C=O) groups excluding carboxylic acids is 1. The maximum atomic E-state index is 11.8. The van der Waals surface area contributed by atoms with Gasteiger partial charge in [0.05, 0.1) is 5.60 Å². The molecule has 0 aromatic carbocycles. The first kappa shape index (κ1) is 16.7. The van der Waals surface area contributed by atoms with Crippen LogP contribution in [0.15, 0.2) is 5.16 Å². The summed E-state index contributed by atoms with van der Waals surface area (Å²) in [7, 11) is 0. The van der Waals surface area contributed by atoms with Gasteiger partial charge in [0.25, 0.3) is 0 Å². The van der Waals surface area contributed by atoms with Gasteiger partial charge in [0.15, 0.2) is 5.84 Å². The van der Waals surface area contributed by atoms with Crippen molar-refractivity contribution in [2.45, 2.75) is 58.6 Å². The molecule has 0 aliphatic heterocycles. The molecule has 6 nitrogen and oxygen atoms in total. The second kappa shape index (κ2) is 6.58. The standard InChI is InChI=1S/C12H25N3O3/c1-6-12(7-2,10(13)15-17)14-9(16)8-18-11(3,4)5/h17H,6-8H2,1-5H3,(H2,13,15)(H,14,16). The van der Waals surface area contributed by atoms with E-state index in [0.29, 0.717) is 12.8 Å². The smallest absolute Gasteiger partial charge is 0.246 e. The number of amidine groups is 1. The molecular formula is C12H25N3O3. The highest BCUT2D eigenvalue weighted by Crippen LogP contribution is 2.15. The van der Waals surface area contributed by atoms with E-state index < -0.39 is 5.54 Å². The first-order valence-electron chi connectivity index (χ1n) is 6.13. The minimum atomic E-state index is -0.812. The third kappa shape index (κ3) is 4.91. The SMILES string of the molecule is CCC(CC)(NC(=O)COC(C)(C)C)C(N)=NO. The summed E-state index contributed by atoms with van der Waals surface area (Å²) in [5.41, 5.74) is 4.46. The van der Waals surface area contributed by atoms with Crippen LogP contribution in [0.3, 0.4) is 0 Å². The second-order valence-corrected chi connectivity index (χ2v) is 5.22. The van der Waals surface area contributed by atoms with Gasteiger partial charge in [-0.05, 0) is 33.6 Å². The van der Waals surface area contributed by atoms with Crippen molar-refractivity contribution in [1.82, 2.24) is 5.32 Å². The van der Waals surface area contributed by atoms with Crippen molar-refractivity contribution in [2.75, 3.05) is 6.61 Å². The number of amides is 1. The van der Waals surface area contributed by atoms with Crippen molar-refractivity contribution in [1.29, 1.82) is 0 Å². The van der Waals surface area contributed by atoms with Crippen LogP contribution in [0.4, 0.5) is 0 Å². The Morgan fingerprint density at radius 3 is 2.17 bits per heavy atom. The Morgan fingerprint density at radius 2 is 1.83 bits per heavy atom. The van der Waals surface area contributed by atoms with Crippen molar-refractivity contribution in [3.05, 3.63) is 0 Å². The van der Waals surface area contributed by atoms with Crippen LogP contribution in [0.5, 0.6) is 0 Å². The van der Waals surface area contributed by atoms with Crippen molar-refractivity contribution in [3.8, 4) is 0 Å². The fourth-order valence-electron chi connectivity index (χ4n) is 1.53. The monoisotopic (exact) mass is 259 g/mol. The van der Waals surface area contributed by atoms with Crippen LogP contribution in [-0.2, 0) is 9.53 Å². The minimum absolute atomic E-state index is 0.0107. The summed E-state index contributed by atoms with van der Waals surface area (Å²) in [4.78, 5) is 11.8. The molecule has 0 bridgehead atoms. The predicted molar refractivity (Wildman–Crippen MR) is 70.6 cm³/mol. The molecule has 106 valence electrons. The molecule has 0 atom stereocenters. The maximum absolute atomic E-state index is 11.8. The van der Waals surface area contributed by atoms with E-state index in [1.165, 1.54) is 0 Å². The zero-order valence-corrected chi connectivity index (χ0v) is 11.9. The van der Waals surface area contributed by atoms with E-state index >= 15 is 0 Å². The molecule has 0 spiro atoms. The molecular weight excluding hydrogens is 234 g/mol. The highest BCUT2D eigenvalue weighted by atomic mass is 16.5. The van der Waals surface area contributed by atoms with E-state index in [0.717, 1.165) is 0 Å². The van der Waals surface area contributed by atoms with Gasteiger partial charge >= 0.3 is 0 Å². The lowest BCUT2D eigenvalue weighted by Gasteiger charge is -2.31. The van der Waals surface area contributed by atoms with E-state index in [1.807, 2.05) is 34.6 Å². The predicted octanol–water partition coefficient (Wildman–Crippen LogP) is 1.22. The largest absolute Gasteiger partial charge is 0.409 e. The van der Waals surface area contributed by atoms with E-state index in [2.05, 4.69) is 10.5 Å². The number of hydrogen-bond donors (Lipinski definition) is 3. The van der Waals surface area contributed by atoms with Gasteiger partial charge in [-0.3, -0.25) is 4.79 Å². The second-order valence-electron chi connectivity index (χ2n) is 5.22. The lowest BCUT2D eigenvalue weighted by Crippen LogP contribution is -2.57. The average Bonchev–Trinajstić information content (AvgIpc) is 2.31. The third-order valence-electron chi connectivity index (χ3n) is 2.82. The summed E-state index contributed by atoms with van der Waals surface area (Å²) in [5, 5.41) is 14.6. The molecule has 0 aromatic heterocycles. The van der Waals surface area contributed by atoms with Gasteiger partial charge < -0.3 is 21.0 Å². The average molecular weight is 259 g/mol. The van der Waals surface area contributed by atoms with Crippen molar-refractivity contribution < 1.29 is 14.7 Å². The fraction of sp³-hybridized carbons (Fsp3) is 0.833. The highest BCUT2D eigenvalue weighted by molar-refractivity contribution is 5.94. The molecule has 0 unspecified atom stereocenters. The van der Waals surface area contributed by atoms with Crippen LogP contribution < -0.4 is 11.1 Å². The van der Waals surface area contributed by atoms with E-state index in [9.17, 15) is 4.79 Å². The topological polar surface area (TPSA) is 96.9 Å². The van der Waals surface area contributed by atoms with Gasteiger partial charge in [-0.2, -0.15) is 0 Å². The molecule has 0 radical (unpaired) electrons. The normalized spacial score (nSPS) is 13.5. The van der Waals surface area contributed by atoms with Gasteiger partial charge in [0, 0.05) is 0 Å². The number of rotatable bonds is 6. The van der Waals surface area contributed by atoms with Gasteiger partial charge in [0.2, 0.25) is 5.91 Å².